The molecular weight excluding hydrogens is 238 g/mol. The van der Waals surface area contributed by atoms with E-state index in [1.54, 1.807) is 24.9 Å². The van der Waals surface area contributed by atoms with Crippen molar-refractivity contribution in [3.8, 4) is 0 Å². The van der Waals surface area contributed by atoms with Crippen molar-refractivity contribution in [2.24, 2.45) is 12.8 Å². The summed E-state index contributed by atoms with van der Waals surface area (Å²) in [7, 11) is 1.74. The van der Waals surface area contributed by atoms with Gasteiger partial charge in [-0.25, -0.2) is 8.78 Å². The Morgan fingerprint density at radius 1 is 1.28 bits per heavy atom. The van der Waals surface area contributed by atoms with E-state index in [9.17, 15) is 8.78 Å². The smallest absolute Gasteiger partial charge is 0.126 e. The van der Waals surface area contributed by atoms with Crippen molar-refractivity contribution in [2.45, 2.75) is 18.9 Å². The number of nitrogens with two attached hydrogens (primary N) is 1. The minimum Gasteiger partial charge on any atom is -0.321 e. The summed E-state index contributed by atoms with van der Waals surface area (Å²) in [4.78, 5) is 0. The Kier molecular flexibility index (Phi) is 3.13. The molecule has 0 radical (unpaired) electrons. The lowest BCUT2D eigenvalue weighted by atomic mass is 9.88. The fourth-order valence-electron chi connectivity index (χ4n) is 1.84. The molecule has 0 saturated heterocycles. The van der Waals surface area contributed by atoms with Gasteiger partial charge in [0.05, 0.1) is 5.69 Å². The van der Waals surface area contributed by atoms with Crippen LogP contribution in [0.3, 0.4) is 0 Å². The molecule has 2 rings (SSSR count). The second-order valence-corrected chi connectivity index (χ2v) is 4.64. The Balaban J connectivity index is 2.29. The van der Waals surface area contributed by atoms with Crippen LogP contribution in [0.4, 0.5) is 8.78 Å². The van der Waals surface area contributed by atoms with Crippen LogP contribution in [0.5, 0.6) is 0 Å². The summed E-state index contributed by atoms with van der Waals surface area (Å²) in [5.74, 6) is -1.28. The van der Waals surface area contributed by atoms with E-state index in [-0.39, 0.29) is 0 Å². The van der Waals surface area contributed by atoms with E-state index < -0.39 is 17.2 Å². The van der Waals surface area contributed by atoms with Gasteiger partial charge in [0.25, 0.3) is 0 Å². The quantitative estimate of drug-likeness (QED) is 0.900. The van der Waals surface area contributed by atoms with E-state index >= 15 is 0 Å². The molecule has 1 atom stereocenters. The van der Waals surface area contributed by atoms with Crippen LogP contribution >= 0.6 is 0 Å². The van der Waals surface area contributed by atoms with Gasteiger partial charge < -0.3 is 5.73 Å². The summed E-state index contributed by atoms with van der Waals surface area (Å²) < 4.78 is 27.9. The van der Waals surface area contributed by atoms with Gasteiger partial charge in [-0.1, -0.05) is 5.21 Å². The highest BCUT2D eigenvalue weighted by Crippen LogP contribution is 2.23. The van der Waals surface area contributed by atoms with Gasteiger partial charge in [0.1, 0.15) is 11.6 Å². The first kappa shape index (κ1) is 12.6. The molecule has 2 aromatic rings. The fraction of sp³-hybridized carbons (Fsp3) is 0.333. The van der Waals surface area contributed by atoms with Crippen LogP contribution in [-0.4, -0.2) is 15.0 Å². The van der Waals surface area contributed by atoms with Gasteiger partial charge in [0, 0.05) is 31.3 Å². The molecule has 0 amide bonds. The molecule has 6 heteroatoms. The number of rotatable bonds is 3. The number of hydrogen-bond acceptors (Lipinski definition) is 3. The van der Waals surface area contributed by atoms with Gasteiger partial charge in [0.15, 0.2) is 0 Å². The zero-order valence-electron chi connectivity index (χ0n) is 10.2. The second-order valence-electron chi connectivity index (χ2n) is 4.64. The number of halogens is 2. The molecule has 1 unspecified atom stereocenters. The number of aromatic nitrogens is 3. The van der Waals surface area contributed by atoms with E-state index in [2.05, 4.69) is 10.3 Å². The Hall–Kier alpha value is -1.82. The Morgan fingerprint density at radius 2 is 1.89 bits per heavy atom. The average Bonchev–Trinajstić information content (AvgIpc) is 2.61. The summed E-state index contributed by atoms with van der Waals surface area (Å²) in [5.41, 5.74) is 6.27. The lowest BCUT2D eigenvalue weighted by molar-refractivity contribution is 0.473. The molecule has 0 aliphatic carbocycles. The van der Waals surface area contributed by atoms with E-state index in [0.717, 1.165) is 6.07 Å². The molecule has 0 bridgehead atoms. The maximum absolute atomic E-state index is 13.2. The van der Waals surface area contributed by atoms with Gasteiger partial charge in [-0.05, 0) is 24.6 Å². The predicted molar refractivity (Wildman–Crippen MR) is 62.6 cm³/mol. The highest BCUT2D eigenvalue weighted by atomic mass is 19.1. The van der Waals surface area contributed by atoms with Crippen LogP contribution in [0, 0.1) is 11.6 Å². The standard InChI is InChI=1S/C12H14F2N4/c1-12(15,6-11-7-18(2)17-16-11)8-3-9(13)5-10(14)4-8/h3-5,7H,6,15H2,1-2H3. The van der Waals surface area contributed by atoms with Crippen LogP contribution in [0.15, 0.2) is 24.4 Å². The zero-order chi connectivity index (χ0) is 13.3. The summed E-state index contributed by atoms with van der Waals surface area (Å²) >= 11 is 0. The van der Waals surface area contributed by atoms with Crippen molar-refractivity contribution in [3.05, 3.63) is 47.3 Å². The Morgan fingerprint density at radius 3 is 2.39 bits per heavy atom. The molecule has 1 aromatic heterocycles. The van der Waals surface area contributed by atoms with Gasteiger partial charge >= 0.3 is 0 Å². The number of benzene rings is 1. The molecule has 0 spiro atoms. The maximum atomic E-state index is 13.2. The van der Waals surface area contributed by atoms with Crippen molar-refractivity contribution in [1.82, 2.24) is 15.0 Å². The Labute approximate surface area is 103 Å². The molecule has 96 valence electrons. The molecule has 2 N–H and O–H groups in total. The lowest BCUT2D eigenvalue weighted by Gasteiger charge is -2.24. The second kappa shape index (κ2) is 4.45. The first-order chi connectivity index (χ1) is 8.37. The molecule has 18 heavy (non-hydrogen) atoms. The van der Waals surface area contributed by atoms with Crippen molar-refractivity contribution in [3.63, 3.8) is 0 Å². The molecule has 0 aliphatic heterocycles. The van der Waals surface area contributed by atoms with Crippen LogP contribution in [0.1, 0.15) is 18.2 Å². The first-order valence-corrected chi connectivity index (χ1v) is 5.47. The molecule has 0 aliphatic rings. The largest absolute Gasteiger partial charge is 0.321 e. The van der Waals surface area contributed by atoms with Crippen molar-refractivity contribution in [2.75, 3.05) is 0 Å². The van der Waals surface area contributed by atoms with Crippen molar-refractivity contribution < 1.29 is 8.78 Å². The summed E-state index contributed by atoms with van der Waals surface area (Å²) in [6, 6.07) is 3.29. The average molecular weight is 252 g/mol. The minimum atomic E-state index is -0.904. The molecule has 0 fully saturated rings. The lowest BCUT2D eigenvalue weighted by Crippen LogP contribution is -2.35. The van der Waals surface area contributed by atoms with E-state index in [4.69, 9.17) is 5.73 Å². The predicted octanol–water partition coefficient (Wildman–Crippen LogP) is 1.51. The normalized spacial score (nSPS) is 14.5. The third-order valence-electron chi connectivity index (χ3n) is 2.72. The molecular formula is C12H14F2N4. The van der Waals surface area contributed by atoms with Crippen LogP contribution in [-0.2, 0) is 19.0 Å². The Bertz CT molecular complexity index is 543. The molecule has 4 nitrogen and oxygen atoms in total. The third kappa shape index (κ3) is 2.70. The van der Waals surface area contributed by atoms with E-state index in [1.165, 1.54) is 12.1 Å². The minimum absolute atomic E-state index is 0.351. The molecule has 1 aromatic carbocycles. The summed E-state index contributed by atoms with van der Waals surface area (Å²) in [5, 5.41) is 7.71. The SMILES string of the molecule is Cn1cc(CC(C)(N)c2cc(F)cc(F)c2)nn1. The molecule has 1 heterocycles. The van der Waals surface area contributed by atoms with Crippen LogP contribution in [0.25, 0.3) is 0 Å². The maximum Gasteiger partial charge on any atom is 0.126 e. The van der Waals surface area contributed by atoms with Gasteiger partial charge in [-0.15, -0.1) is 5.10 Å². The monoisotopic (exact) mass is 252 g/mol. The molecule has 0 saturated carbocycles. The van der Waals surface area contributed by atoms with E-state index in [1.807, 2.05) is 0 Å². The van der Waals surface area contributed by atoms with Gasteiger partial charge in [0.2, 0.25) is 0 Å². The summed E-state index contributed by atoms with van der Waals surface area (Å²) in [6.07, 6.45) is 2.07. The van der Waals surface area contributed by atoms with Crippen molar-refractivity contribution >= 4 is 0 Å². The van der Waals surface area contributed by atoms with Gasteiger partial charge in [-0.3, -0.25) is 4.68 Å². The van der Waals surface area contributed by atoms with Crippen LogP contribution < -0.4 is 5.73 Å². The highest BCUT2D eigenvalue weighted by molar-refractivity contribution is 5.26. The third-order valence-corrected chi connectivity index (χ3v) is 2.72. The highest BCUT2D eigenvalue weighted by Gasteiger charge is 2.24. The van der Waals surface area contributed by atoms with Gasteiger partial charge in [-0.2, -0.15) is 0 Å². The van der Waals surface area contributed by atoms with Crippen LogP contribution in [0.2, 0.25) is 0 Å². The van der Waals surface area contributed by atoms with E-state index in [0.29, 0.717) is 17.7 Å². The zero-order valence-corrected chi connectivity index (χ0v) is 10.2. The fourth-order valence-corrected chi connectivity index (χ4v) is 1.84. The number of nitrogens with zero attached hydrogens (tertiary/aromatic N) is 3. The van der Waals surface area contributed by atoms with Crippen molar-refractivity contribution in [1.29, 1.82) is 0 Å². The summed E-state index contributed by atoms with van der Waals surface area (Å²) in [6.45, 7) is 1.70. The number of hydrogen-bond donors (Lipinski definition) is 1. The topological polar surface area (TPSA) is 56.7 Å². The first-order valence-electron chi connectivity index (χ1n) is 5.47. The number of aryl methyl sites for hydroxylation is 1.